The molecule has 0 bridgehead atoms. The molecule has 3 aromatic rings. The highest BCUT2D eigenvalue weighted by Gasteiger charge is 2.41. The van der Waals surface area contributed by atoms with E-state index in [1.165, 1.54) is 0 Å². The molecule has 1 aliphatic heterocycles. The topological polar surface area (TPSA) is 123 Å². The van der Waals surface area contributed by atoms with Crippen molar-refractivity contribution in [3.8, 4) is 5.82 Å². The van der Waals surface area contributed by atoms with Crippen molar-refractivity contribution >= 4 is 5.91 Å². The van der Waals surface area contributed by atoms with Crippen LogP contribution in [0.15, 0.2) is 23.1 Å². The maximum atomic E-state index is 13.6. The Morgan fingerprint density at radius 2 is 2.10 bits per heavy atom. The smallest absolute Gasteiger partial charge is 0.351 e. The summed E-state index contributed by atoms with van der Waals surface area (Å²) < 4.78 is 43.2. The first-order valence-corrected chi connectivity index (χ1v) is 8.75. The molecule has 0 saturated carbocycles. The van der Waals surface area contributed by atoms with Gasteiger partial charge in [0.2, 0.25) is 0 Å². The van der Waals surface area contributed by atoms with Crippen LogP contribution in [-0.2, 0) is 25.6 Å². The molecule has 0 saturated heterocycles. The molecule has 3 aromatic heterocycles. The molecule has 29 heavy (non-hydrogen) atoms. The second kappa shape index (κ2) is 7.14. The van der Waals surface area contributed by atoms with Gasteiger partial charge in [0.25, 0.3) is 11.5 Å². The summed E-state index contributed by atoms with van der Waals surface area (Å²) in [6, 6.07) is 2.09. The van der Waals surface area contributed by atoms with Crippen LogP contribution >= 0.6 is 0 Å². The van der Waals surface area contributed by atoms with E-state index >= 15 is 0 Å². The average Bonchev–Trinajstić information content (AvgIpc) is 3.38. The molecule has 4 heterocycles. The number of carbonyl (C=O) groups is 1. The SMILES string of the molecule is O=C(NCCc1nnc2n1CCC2)c1cnn(-c2ccc(=O)[nH]n2)c1C(F)(F)F. The Bertz CT molecular complexity index is 1090. The van der Waals surface area contributed by atoms with Crippen LogP contribution in [0.5, 0.6) is 0 Å². The third-order valence-electron chi connectivity index (χ3n) is 4.48. The van der Waals surface area contributed by atoms with Gasteiger partial charge in [0.15, 0.2) is 11.5 Å². The van der Waals surface area contributed by atoms with Crippen molar-refractivity contribution in [2.45, 2.75) is 32.0 Å². The molecular formula is C16H15F3N8O2. The van der Waals surface area contributed by atoms with Crippen molar-refractivity contribution in [2.75, 3.05) is 6.54 Å². The first-order valence-electron chi connectivity index (χ1n) is 8.75. The number of nitrogens with zero attached hydrogens (tertiary/aromatic N) is 6. The van der Waals surface area contributed by atoms with Gasteiger partial charge in [0.05, 0.1) is 11.8 Å². The Hall–Kier alpha value is -3.51. The Kier molecular flexibility index (Phi) is 4.64. The molecule has 0 spiro atoms. The summed E-state index contributed by atoms with van der Waals surface area (Å²) >= 11 is 0. The van der Waals surface area contributed by atoms with E-state index in [0.29, 0.717) is 16.9 Å². The van der Waals surface area contributed by atoms with Crippen LogP contribution < -0.4 is 10.9 Å². The zero-order chi connectivity index (χ0) is 20.6. The predicted molar refractivity (Wildman–Crippen MR) is 91.4 cm³/mol. The molecule has 152 valence electrons. The number of amides is 1. The Labute approximate surface area is 160 Å². The number of carbonyl (C=O) groups excluding carboxylic acids is 1. The van der Waals surface area contributed by atoms with Gasteiger partial charge in [-0.2, -0.15) is 23.4 Å². The van der Waals surface area contributed by atoms with E-state index in [4.69, 9.17) is 0 Å². The van der Waals surface area contributed by atoms with Crippen LogP contribution in [-0.4, -0.2) is 47.2 Å². The number of fused-ring (bicyclic) bond motifs is 1. The number of hydrogen-bond donors (Lipinski definition) is 2. The minimum atomic E-state index is -4.87. The number of halogens is 3. The third kappa shape index (κ3) is 3.62. The van der Waals surface area contributed by atoms with E-state index in [1.54, 1.807) is 0 Å². The van der Waals surface area contributed by atoms with E-state index in [1.807, 2.05) is 9.67 Å². The fourth-order valence-corrected chi connectivity index (χ4v) is 3.19. The lowest BCUT2D eigenvalue weighted by Gasteiger charge is -2.12. The van der Waals surface area contributed by atoms with Crippen molar-refractivity contribution in [2.24, 2.45) is 0 Å². The normalized spacial score (nSPS) is 13.5. The molecule has 0 unspecified atom stereocenters. The fourth-order valence-electron chi connectivity index (χ4n) is 3.19. The lowest BCUT2D eigenvalue weighted by molar-refractivity contribution is -0.143. The molecular weight excluding hydrogens is 393 g/mol. The quantitative estimate of drug-likeness (QED) is 0.633. The van der Waals surface area contributed by atoms with Crippen molar-refractivity contribution in [1.82, 2.24) is 40.1 Å². The molecule has 1 aliphatic rings. The molecule has 0 aromatic carbocycles. The molecule has 4 rings (SSSR count). The van der Waals surface area contributed by atoms with Gasteiger partial charge in [-0.3, -0.25) is 9.59 Å². The Morgan fingerprint density at radius 1 is 1.28 bits per heavy atom. The van der Waals surface area contributed by atoms with Crippen LogP contribution in [0, 0.1) is 0 Å². The lowest BCUT2D eigenvalue weighted by Crippen LogP contribution is -2.29. The van der Waals surface area contributed by atoms with Gasteiger partial charge >= 0.3 is 6.18 Å². The summed E-state index contributed by atoms with van der Waals surface area (Å²) in [4.78, 5) is 23.5. The monoisotopic (exact) mass is 408 g/mol. The maximum Gasteiger partial charge on any atom is 0.434 e. The molecule has 2 N–H and O–H groups in total. The predicted octanol–water partition coefficient (Wildman–Crippen LogP) is 0.485. The van der Waals surface area contributed by atoms with Gasteiger partial charge in [-0.1, -0.05) is 0 Å². The number of aromatic nitrogens is 7. The number of aryl methyl sites for hydroxylation is 1. The van der Waals surface area contributed by atoms with Crippen LogP contribution in [0.3, 0.4) is 0 Å². The van der Waals surface area contributed by atoms with Crippen molar-refractivity contribution in [1.29, 1.82) is 0 Å². The Balaban J connectivity index is 1.53. The summed E-state index contributed by atoms with van der Waals surface area (Å²) in [5, 5.41) is 19.8. The maximum absolute atomic E-state index is 13.6. The van der Waals surface area contributed by atoms with Crippen molar-refractivity contribution in [3.05, 3.63) is 51.6 Å². The van der Waals surface area contributed by atoms with Gasteiger partial charge in [0.1, 0.15) is 11.6 Å². The summed E-state index contributed by atoms with van der Waals surface area (Å²) in [6.07, 6.45) is -1.90. The second-order valence-electron chi connectivity index (χ2n) is 6.39. The Morgan fingerprint density at radius 3 is 2.83 bits per heavy atom. The number of hydrogen-bond acceptors (Lipinski definition) is 6. The van der Waals surface area contributed by atoms with Gasteiger partial charge in [-0.25, -0.2) is 9.78 Å². The number of rotatable bonds is 5. The average molecular weight is 408 g/mol. The van der Waals surface area contributed by atoms with Gasteiger partial charge in [0, 0.05) is 32.0 Å². The minimum Gasteiger partial charge on any atom is -0.351 e. The molecule has 1 amide bonds. The fraction of sp³-hybridized carbons (Fsp3) is 0.375. The van der Waals surface area contributed by atoms with Crippen LogP contribution in [0.1, 0.15) is 34.1 Å². The zero-order valence-electron chi connectivity index (χ0n) is 14.9. The highest BCUT2D eigenvalue weighted by molar-refractivity contribution is 5.95. The summed E-state index contributed by atoms with van der Waals surface area (Å²) in [5.41, 5.74) is -2.50. The van der Waals surface area contributed by atoms with E-state index in [9.17, 15) is 22.8 Å². The van der Waals surface area contributed by atoms with Crippen molar-refractivity contribution < 1.29 is 18.0 Å². The van der Waals surface area contributed by atoms with E-state index < -0.39 is 28.9 Å². The lowest BCUT2D eigenvalue weighted by atomic mass is 10.2. The highest BCUT2D eigenvalue weighted by atomic mass is 19.4. The van der Waals surface area contributed by atoms with E-state index in [2.05, 4.69) is 25.7 Å². The van der Waals surface area contributed by atoms with Crippen LogP contribution in [0.25, 0.3) is 5.82 Å². The minimum absolute atomic E-state index is 0.0936. The van der Waals surface area contributed by atoms with Gasteiger partial charge in [-0.15, -0.1) is 10.2 Å². The second-order valence-corrected chi connectivity index (χ2v) is 6.39. The molecule has 0 radical (unpaired) electrons. The number of alkyl halides is 3. The molecule has 10 nitrogen and oxygen atoms in total. The standard InChI is InChI=1S/C16H15F3N8O2/c17-16(18,19)14-9(8-21-27(14)12-3-4-13(28)25-24-12)15(29)20-6-5-11-23-22-10-2-1-7-26(10)11/h3-4,8H,1-2,5-7H2,(H,20,29)(H,25,28). The molecule has 0 atom stereocenters. The largest absolute Gasteiger partial charge is 0.434 e. The van der Waals surface area contributed by atoms with E-state index in [-0.39, 0.29) is 12.4 Å². The third-order valence-corrected chi connectivity index (χ3v) is 4.48. The molecule has 13 heteroatoms. The first kappa shape index (κ1) is 18.8. The van der Waals surface area contributed by atoms with Crippen molar-refractivity contribution in [3.63, 3.8) is 0 Å². The summed E-state index contributed by atoms with van der Waals surface area (Å²) in [5.74, 6) is 0.367. The number of nitrogens with one attached hydrogen (secondary N) is 2. The van der Waals surface area contributed by atoms with Gasteiger partial charge < -0.3 is 9.88 Å². The van der Waals surface area contributed by atoms with E-state index in [0.717, 1.165) is 43.5 Å². The zero-order valence-corrected chi connectivity index (χ0v) is 14.9. The summed E-state index contributed by atoms with van der Waals surface area (Å²) in [7, 11) is 0. The summed E-state index contributed by atoms with van der Waals surface area (Å²) in [6.45, 7) is 0.888. The molecule has 0 fully saturated rings. The van der Waals surface area contributed by atoms with Crippen LogP contribution in [0.2, 0.25) is 0 Å². The van der Waals surface area contributed by atoms with Gasteiger partial charge in [-0.05, 0) is 12.5 Å². The number of H-pyrrole nitrogens is 1. The first-order chi connectivity index (χ1) is 13.8. The van der Waals surface area contributed by atoms with Crippen LogP contribution in [0.4, 0.5) is 13.2 Å². The molecule has 0 aliphatic carbocycles. The highest BCUT2D eigenvalue weighted by Crippen LogP contribution is 2.33. The number of aromatic amines is 1.